The largest absolute Gasteiger partial charge is 0.324 e. The molecule has 2 aromatic rings. The highest BCUT2D eigenvalue weighted by Crippen LogP contribution is 2.61. The average Bonchev–Trinajstić information content (AvgIpc) is 3.73. The van der Waals surface area contributed by atoms with E-state index in [2.05, 4.69) is 20.4 Å². The van der Waals surface area contributed by atoms with Crippen LogP contribution in [0.2, 0.25) is 0 Å². The number of carbonyl (C=O) groups excluding carboxylic acids is 4. The van der Waals surface area contributed by atoms with Crippen LogP contribution in [-0.4, -0.2) is 60.4 Å². The molecule has 4 spiro atoms. The van der Waals surface area contributed by atoms with Crippen LogP contribution in [0.15, 0.2) is 48.5 Å². The normalized spacial score (nSPS) is 34.5. The maximum absolute atomic E-state index is 13.2. The molecular weight excluding hydrogens is 576 g/mol. The molecule has 4 atom stereocenters. The van der Waals surface area contributed by atoms with Crippen molar-refractivity contribution in [1.29, 1.82) is 0 Å². The van der Waals surface area contributed by atoms with Gasteiger partial charge in [-0.25, -0.2) is 0 Å². The van der Waals surface area contributed by atoms with E-state index >= 15 is 0 Å². The maximum atomic E-state index is 13.2. The number of ketones is 2. The zero-order chi connectivity index (χ0) is 32.2. The van der Waals surface area contributed by atoms with Gasteiger partial charge in [-0.1, -0.05) is 74.9 Å². The Morgan fingerprint density at radius 3 is 1.35 bits per heavy atom. The van der Waals surface area contributed by atoms with Gasteiger partial charge in [-0.05, 0) is 64.8 Å². The number of para-hydroxylation sites is 2. The van der Waals surface area contributed by atoms with Crippen LogP contribution in [0.1, 0.15) is 101 Å². The van der Waals surface area contributed by atoms with Crippen LogP contribution in [-0.2, 0) is 30.3 Å². The van der Waals surface area contributed by atoms with E-state index in [1.807, 2.05) is 62.6 Å². The van der Waals surface area contributed by atoms with Gasteiger partial charge in [-0.3, -0.25) is 29.0 Å². The zero-order valence-electron chi connectivity index (χ0n) is 27.5. The van der Waals surface area contributed by atoms with E-state index in [9.17, 15) is 19.2 Å². The quantitative estimate of drug-likeness (QED) is 0.365. The summed E-state index contributed by atoms with van der Waals surface area (Å²) in [5, 5.41) is 6.11. The topological polar surface area (TPSA) is 98.8 Å². The fourth-order valence-corrected chi connectivity index (χ4v) is 10.5. The van der Waals surface area contributed by atoms with Gasteiger partial charge >= 0.3 is 0 Å². The first-order valence-electron chi connectivity index (χ1n) is 17.6. The number of Topliss-reactive ketones (excluding diaryl/α,β-unsaturated/α-hetero) is 2. The molecule has 8 heteroatoms. The van der Waals surface area contributed by atoms with Crippen molar-refractivity contribution in [1.82, 2.24) is 9.80 Å². The predicted octanol–water partition coefficient (Wildman–Crippen LogP) is 6.16. The fourth-order valence-electron chi connectivity index (χ4n) is 10.5. The number of fused-ring (bicyclic) bond motifs is 6. The lowest BCUT2D eigenvalue weighted by atomic mass is 9.60. The molecule has 2 aromatic carbocycles. The maximum Gasteiger partial charge on any atom is 0.250 e. The van der Waals surface area contributed by atoms with E-state index in [-0.39, 0.29) is 11.8 Å². The van der Waals surface area contributed by atoms with Crippen molar-refractivity contribution in [2.75, 3.05) is 37.8 Å². The number of hydrogen-bond donors (Lipinski definition) is 2. The van der Waals surface area contributed by atoms with Gasteiger partial charge in [0, 0.05) is 48.4 Å². The second-order valence-corrected chi connectivity index (χ2v) is 14.6. The molecule has 2 saturated carbocycles. The van der Waals surface area contributed by atoms with Crippen LogP contribution in [0.25, 0.3) is 0 Å². The average molecular weight is 625 g/mol. The van der Waals surface area contributed by atoms with E-state index < -0.39 is 21.9 Å². The summed E-state index contributed by atoms with van der Waals surface area (Å²) in [6.45, 7) is 1.60. The Balaban J connectivity index is 0.000000147. The first-order valence-corrected chi connectivity index (χ1v) is 17.6. The van der Waals surface area contributed by atoms with Crippen LogP contribution in [0, 0.1) is 10.8 Å². The smallest absolute Gasteiger partial charge is 0.250 e. The Bertz CT molecular complexity index is 1460. The van der Waals surface area contributed by atoms with Crippen LogP contribution in [0.5, 0.6) is 0 Å². The van der Waals surface area contributed by atoms with Gasteiger partial charge in [-0.2, -0.15) is 0 Å². The number of rotatable bonds is 0. The number of hydrogen-bond acceptors (Lipinski definition) is 6. The minimum Gasteiger partial charge on any atom is -0.324 e. The molecule has 244 valence electrons. The minimum absolute atomic E-state index is 0.00683. The summed E-state index contributed by atoms with van der Waals surface area (Å²) in [6, 6.07) is 15.8. The third-order valence-corrected chi connectivity index (χ3v) is 12.6. The number of likely N-dealkylation sites (tertiary alicyclic amines) is 2. The van der Waals surface area contributed by atoms with E-state index in [1.54, 1.807) is 0 Å². The van der Waals surface area contributed by atoms with Gasteiger partial charge in [0.15, 0.2) is 0 Å². The molecular formula is C38H48N4O4. The Morgan fingerprint density at radius 1 is 0.522 bits per heavy atom. The third kappa shape index (κ3) is 4.11. The SMILES string of the molecule is CN1CC[C@@]2(CCCCCCC2=O)[C@@]12C(=O)Nc1ccccc12.CN1CC[C@]2(CCCCCCC2=O)[C@]12C(=O)Nc1ccccc12. The standard InChI is InChI=1S/2C19H24N2O2/c2*1-21-13-12-18(11-7-3-2-4-10-16(18)22)19(21)14-8-5-6-9-15(14)20-17(19)23/h2*5-6,8-9H,2-4,7,10-13H2,1H3,(H,20,23)/t2*18-,19-/m10/s1. The second-order valence-electron chi connectivity index (χ2n) is 14.6. The first kappa shape index (κ1) is 31.3. The molecule has 4 aliphatic heterocycles. The summed E-state index contributed by atoms with van der Waals surface area (Å²) in [5.74, 6) is 0.585. The molecule has 2 saturated heterocycles. The highest BCUT2D eigenvalue weighted by Gasteiger charge is 2.70. The van der Waals surface area contributed by atoms with E-state index in [0.29, 0.717) is 24.4 Å². The molecule has 2 N–H and O–H groups in total. The number of nitrogens with one attached hydrogen (secondary N) is 2. The Labute approximate surface area is 272 Å². The van der Waals surface area contributed by atoms with Crippen molar-refractivity contribution in [2.24, 2.45) is 10.8 Å². The Morgan fingerprint density at radius 2 is 0.913 bits per heavy atom. The molecule has 2 amide bonds. The van der Waals surface area contributed by atoms with E-state index in [0.717, 1.165) is 113 Å². The molecule has 0 aromatic heterocycles. The van der Waals surface area contributed by atoms with Crippen molar-refractivity contribution in [3.63, 3.8) is 0 Å². The summed E-state index contributed by atoms with van der Waals surface area (Å²) in [4.78, 5) is 57.1. The first-order chi connectivity index (χ1) is 22.3. The molecule has 0 radical (unpaired) electrons. The highest BCUT2D eigenvalue weighted by atomic mass is 16.2. The molecule has 4 fully saturated rings. The van der Waals surface area contributed by atoms with Crippen LogP contribution in [0.4, 0.5) is 11.4 Å². The molecule has 0 bridgehead atoms. The van der Waals surface area contributed by atoms with Crippen molar-refractivity contribution in [3.05, 3.63) is 59.7 Å². The second kappa shape index (κ2) is 11.7. The number of likely N-dealkylation sites (N-methyl/N-ethyl adjacent to an activating group) is 2. The van der Waals surface area contributed by atoms with Gasteiger partial charge < -0.3 is 10.6 Å². The number of benzene rings is 2. The molecule has 46 heavy (non-hydrogen) atoms. The number of amides is 2. The predicted molar refractivity (Wildman–Crippen MR) is 178 cm³/mol. The van der Waals surface area contributed by atoms with Gasteiger partial charge in [-0.15, -0.1) is 0 Å². The lowest BCUT2D eigenvalue weighted by Gasteiger charge is -2.44. The van der Waals surface area contributed by atoms with E-state index in [4.69, 9.17) is 0 Å². The van der Waals surface area contributed by atoms with E-state index in [1.165, 1.54) is 0 Å². The molecule has 2 aliphatic carbocycles. The van der Waals surface area contributed by atoms with Crippen molar-refractivity contribution in [2.45, 2.75) is 101 Å². The monoisotopic (exact) mass is 624 g/mol. The van der Waals surface area contributed by atoms with Gasteiger partial charge in [0.1, 0.15) is 22.6 Å². The summed E-state index contributed by atoms with van der Waals surface area (Å²) in [5.41, 5.74) is 1.02. The van der Waals surface area contributed by atoms with Crippen molar-refractivity contribution in [3.8, 4) is 0 Å². The molecule has 4 heterocycles. The summed E-state index contributed by atoms with van der Waals surface area (Å²) in [6.07, 6.45) is 13.1. The van der Waals surface area contributed by atoms with Gasteiger partial charge in [0.2, 0.25) is 0 Å². The van der Waals surface area contributed by atoms with Crippen LogP contribution < -0.4 is 10.6 Å². The van der Waals surface area contributed by atoms with Crippen molar-refractivity contribution < 1.29 is 19.2 Å². The zero-order valence-corrected chi connectivity index (χ0v) is 27.5. The van der Waals surface area contributed by atoms with Crippen molar-refractivity contribution >= 4 is 34.8 Å². The molecule has 8 nitrogen and oxygen atoms in total. The minimum atomic E-state index is -0.808. The van der Waals surface area contributed by atoms with Crippen LogP contribution >= 0.6 is 0 Å². The molecule has 8 rings (SSSR count). The fraction of sp³-hybridized carbons (Fsp3) is 0.579. The molecule has 0 unspecified atom stereocenters. The Hall–Kier alpha value is -3.36. The van der Waals surface area contributed by atoms with Gasteiger partial charge in [0.25, 0.3) is 11.8 Å². The summed E-state index contributed by atoms with van der Waals surface area (Å²) < 4.78 is 0. The lowest BCUT2D eigenvalue weighted by molar-refractivity contribution is -0.145. The lowest BCUT2D eigenvalue weighted by Crippen LogP contribution is -2.57. The number of carbonyl (C=O) groups is 4. The van der Waals surface area contributed by atoms with Crippen LogP contribution in [0.3, 0.4) is 0 Å². The number of anilines is 2. The summed E-state index contributed by atoms with van der Waals surface area (Å²) >= 11 is 0. The Kier molecular flexibility index (Phi) is 7.95. The summed E-state index contributed by atoms with van der Waals surface area (Å²) in [7, 11) is 4.00. The number of nitrogens with zero attached hydrogens (tertiary/aromatic N) is 2. The molecule has 6 aliphatic rings. The highest BCUT2D eigenvalue weighted by molar-refractivity contribution is 6.11. The third-order valence-electron chi connectivity index (χ3n) is 12.6. The van der Waals surface area contributed by atoms with Gasteiger partial charge in [0.05, 0.1) is 10.8 Å².